The number of piperidine rings is 1. The van der Waals surface area contributed by atoms with Gasteiger partial charge in [0.05, 0.1) is 13.2 Å². The van der Waals surface area contributed by atoms with Crippen molar-refractivity contribution in [3.63, 3.8) is 0 Å². The second-order valence-corrected chi connectivity index (χ2v) is 5.32. The molecule has 1 aliphatic heterocycles. The summed E-state index contributed by atoms with van der Waals surface area (Å²) in [6, 6.07) is 0.479. The fourth-order valence-electron chi connectivity index (χ4n) is 2.63. The summed E-state index contributed by atoms with van der Waals surface area (Å²) in [4.78, 5) is 2.50. The molecule has 4 nitrogen and oxygen atoms in total. The molecular weight excluding hydrogens is 228 g/mol. The Morgan fingerprint density at radius 2 is 1.89 bits per heavy atom. The molecule has 0 amide bonds. The SMILES string of the molecule is COCCN(CCC1CCNCC1)C(C)COC. The van der Waals surface area contributed by atoms with Gasteiger partial charge in [-0.05, 0) is 51.7 Å². The molecule has 1 fully saturated rings. The molecule has 1 rings (SSSR count). The molecule has 0 saturated carbocycles. The summed E-state index contributed by atoms with van der Waals surface area (Å²) in [6.45, 7) is 8.40. The third kappa shape index (κ3) is 6.14. The number of methoxy groups -OCH3 is 2. The molecule has 4 heteroatoms. The van der Waals surface area contributed by atoms with Crippen molar-refractivity contribution in [2.75, 3.05) is 53.6 Å². The number of hydrogen-bond donors (Lipinski definition) is 1. The van der Waals surface area contributed by atoms with Crippen molar-refractivity contribution < 1.29 is 9.47 Å². The van der Waals surface area contributed by atoms with Gasteiger partial charge in [0.1, 0.15) is 0 Å². The van der Waals surface area contributed by atoms with Crippen LogP contribution >= 0.6 is 0 Å². The maximum absolute atomic E-state index is 5.26. The van der Waals surface area contributed by atoms with Crippen molar-refractivity contribution in [1.29, 1.82) is 0 Å². The molecule has 1 N–H and O–H groups in total. The van der Waals surface area contributed by atoms with E-state index >= 15 is 0 Å². The highest BCUT2D eigenvalue weighted by Gasteiger charge is 2.17. The molecular formula is C14H30N2O2. The zero-order chi connectivity index (χ0) is 13.2. The van der Waals surface area contributed by atoms with Crippen molar-refractivity contribution in [1.82, 2.24) is 10.2 Å². The molecule has 0 aromatic rings. The van der Waals surface area contributed by atoms with Gasteiger partial charge in [-0.3, -0.25) is 4.90 Å². The van der Waals surface area contributed by atoms with Crippen LogP contribution in [-0.4, -0.2) is 64.6 Å². The Morgan fingerprint density at radius 1 is 1.17 bits per heavy atom. The lowest BCUT2D eigenvalue weighted by Gasteiger charge is -2.31. The van der Waals surface area contributed by atoms with Crippen LogP contribution in [-0.2, 0) is 9.47 Å². The van der Waals surface area contributed by atoms with E-state index in [0.717, 1.165) is 25.7 Å². The average molecular weight is 258 g/mol. The van der Waals surface area contributed by atoms with Crippen LogP contribution in [0.4, 0.5) is 0 Å². The van der Waals surface area contributed by atoms with Gasteiger partial charge in [-0.1, -0.05) is 0 Å². The minimum absolute atomic E-state index is 0.479. The van der Waals surface area contributed by atoms with E-state index in [9.17, 15) is 0 Å². The van der Waals surface area contributed by atoms with Gasteiger partial charge < -0.3 is 14.8 Å². The van der Waals surface area contributed by atoms with Crippen molar-refractivity contribution in [3.8, 4) is 0 Å². The lowest BCUT2D eigenvalue weighted by Crippen LogP contribution is -2.40. The first-order chi connectivity index (χ1) is 8.77. The molecule has 0 aliphatic carbocycles. The number of ether oxygens (including phenoxy) is 2. The number of hydrogen-bond acceptors (Lipinski definition) is 4. The standard InChI is InChI=1S/C14H30N2O2/c1-13(12-18-3)16(10-11-17-2)9-6-14-4-7-15-8-5-14/h13-15H,4-12H2,1-3H3. The third-order valence-electron chi connectivity index (χ3n) is 3.90. The van der Waals surface area contributed by atoms with Gasteiger partial charge in [-0.15, -0.1) is 0 Å². The Hall–Kier alpha value is -0.160. The van der Waals surface area contributed by atoms with Crippen LogP contribution in [0.5, 0.6) is 0 Å². The quantitative estimate of drug-likeness (QED) is 0.677. The van der Waals surface area contributed by atoms with E-state index in [1.807, 2.05) is 0 Å². The fourth-order valence-corrected chi connectivity index (χ4v) is 2.63. The second kappa shape index (κ2) is 9.73. The maximum Gasteiger partial charge on any atom is 0.0615 e. The van der Waals surface area contributed by atoms with E-state index in [4.69, 9.17) is 9.47 Å². The molecule has 18 heavy (non-hydrogen) atoms. The number of rotatable bonds is 9. The summed E-state index contributed by atoms with van der Waals surface area (Å²) >= 11 is 0. The van der Waals surface area contributed by atoms with Crippen molar-refractivity contribution in [2.24, 2.45) is 5.92 Å². The molecule has 1 saturated heterocycles. The lowest BCUT2D eigenvalue weighted by atomic mass is 9.94. The van der Waals surface area contributed by atoms with Crippen LogP contribution in [0.2, 0.25) is 0 Å². The minimum Gasteiger partial charge on any atom is -0.383 e. The summed E-state index contributed by atoms with van der Waals surface area (Å²) in [5.74, 6) is 0.894. The average Bonchev–Trinajstić information content (AvgIpc) is 2.40. The molecule has 1 heterocycles. The molecule has 0 aromatic heterocycles. The molecule has 108 valence electrons. The van der Waals surface area contributed by atoms with E-state index < -0.39 is 0 Å². The van der Waals surface area contributed by atoms with E-state index in [1.54, 1.807) is 14.2 Å². The van der Waals surface area contributed by atoms with Crippen molar-refractivity contribution in [3.05, 3.63) is 0 Å². The van der Waals surface area contributed by atoms with Crippen LogP contribution in [0.3, 0.4) is 0 Å². The number of nitrogens with zero attached hydrogens (tertiary/aromatic N) is 1. The van der Waals surface area contributed by atoms with Gasteiger partial charge in [-0.2, -0.15) is 0 Å². The zero-order valence-electron chi connectivity index (χ0n) is 12.3. The van der Waals surface area contributed by atoms with Crippen molar-refractivity contribution >= 4 is 0 Å². The number of nitrogens with one attached hydrogen (secondary N) is 1. The first kappa shape index (κ1) is 15.9. The highest BCUT2D eigenvalue weighted by Crippen LogP contribution is 2.17. The summed E-state index contributed by atoms with van der Waals surface area (Å²) in [7, 11) is 3.55. The third-order valence-corrected chi connectivity index (χ3v) is 3.90. The van der Waals surface area contributed by atoms with E-state index in [0.29, 0.717) is 6.04 Å². The molecule has 0 aromatic carbocycles. The molecule has 1 atom stereocenters. The van der Waals surface area contributed by atoms with E-state index in [1.165, 1.54) is 38.9 Å². The van der Waals surface area contributed by atoms with Crippen molar-refractivity contribution in [2.45, 2.75) is 32.2 Å². The Kier molecular flexibility index (Phi) is 8.59. The zero-order valence-corrected chi connectivity index (χ0v) is 12.3. The Morgan fingerprint density at radius 3 is 2.50 bits per heavy atom. The maximum atomic E-state index is 5.26. The van der Waals surface area contributed by atoms with Gasteiger partial charge in [0.2, 0.25) is 0 Å². The molecule has 1 aliphatic rings. The first-order valence-corrected chi connectivity index (χ1v) is 7.20. The summed E-state index contributed by atoms with van der Waals surface area (Å²) in [5, 5.41) is 3.43. The largest absolute Gasteiger partial charge is 0.383 e. The molecule has 1 unspecified atom stereocenters. The smallest absolute Gasteiger partial charge is 0.0615 e. The summed E-state index contributed by atoms with van der Waals surface area (Å²) in [6.07, 6.45) is 3.97. The van der Waals surface area contributed by atoms with E-state index in [-0.39, 0.29) is 0 Å². The highest BCUT2D eigenvalue weighted by molar-refractivity contribution is 4.73. The predicted molar refractivity (Wildman–Crippen MR) is 75.0 cm³/mol. The fraction of sp³-hybridized carbons (Fsp3) is 1.00. The minimum atomic E-state index is 0.479. The summed E-state index contributed by atoms with van der Waals surface area (Å²) in [5.41, 5.74) is 0. The lowest BCUT2D eigenvalue weighted by molar-refractivity contribution is 0.0702. The van der Waals surface area contributed by atoms with Crippen LogP contribution in [0.1, 0.15) is 26.2 Å². The Balaban J connectivity index is 2.29. The Labute approximate surface area is 112 Å². The van der Waals surface area contributed by atoms with Crippen LogP contribution in [0.15, 0.2) is 0 Å². The summed E-state index contributed by atoms with van der Waals surface area (Å²) < 4.78 is 10.5. The normalized spacial score (nSPS) is 19.3. The van der Waals surface area contributed by atoms with Gasteiger partial charge in [0.15, 0.2) is 0 Å². The second-order valence-electron chi connectivity index (χ2n) is 5.32. The van der Waals surface area contributed by atoms with Crippen LogP contribution < -0.4 is 5.32 Å². The monoisotopic (exact) mass is 258 g/mol. The first-order valence-electron chi connectivity index (χ1n) is 7.20. The van der Waals surface area contributed by atoms with Gasteiger partial charge >= 0.3 is 0 Å². The highest BCUT2D eigenvalue weighted by atomic mass is 16.5. The van der Waals surface area contributed by atoms with Crippen LogP contribution in [0.25, 0.3) is 0 Å². The van der Waals surface area contributed by atoms with Gasteiger partial charge in [-0.25, -0.2) is 0 Å². The predicted octanol–water partition coefficient (Wildman–Crippen LogP) is 1.36. The molecule has 0 bridgehead atoms. The topological polar surface area (TPSA) is 33.7 Å². The van der Waals surface area contributed by atoms with Gasteiger partial charge in [0, 0.05) is 26.8 Å². The molecule has 0 spiro atoms. The van der Waals surface area contributed by atoms with E-state index in [2.05, 4.69) is 17.1 Å². The Bertz CT molecular complexity index is 196. The van der Waals surface area contributed by atoms with Crippen LogP contribution in [0, 0.1) is 5.92 Å². The van der Waals surface area contributed by atoms with Gasteiger partial charge in [0.25, 0.3) is 0 Å². The molecule has 0 radical (unpaired) electrons.